The van der Waals surface area contributed by atoms with E-state index < -0.39 is 28.5 Å². The molecule has 47 heavy (non-hydrogen) atoms. The molecule has 2 amide bonds. The van der Waals surface area contributed by atoms with Crippen LogP contribution >= 0.6 is 23.2 Å². The number of rotatable bonds is 14. The lowest BCUT2D eigenvalue weighted by Crippen LogP contribution is -2.54. The monoisotopic (exact) mass is 695 g/mol. The van der Waals surface area contributed by atoms with Crippen LogP contribution in [-0.2, 0) is 32.6 Å². The van der Waals surface area contributed by atoms with Gasteiger partial charge in [0.2, 0.25) is 11.8 Å². The minimum absolute atomic E-state index is 0.00254. The molecule has 4 aromatic rings. The lowest BCUT2D eigenvalue weighted by atomic mass is 10.0. The second-order valence-electron chi connectivity index (χ2n) is 11.3. The fourth-order valence-corrected chi connectivity index (χ4v) is 6.82. The maximum absolute atomic E-state index is 14.7. The Morgan fingerprint density at radius 3 is 2.15 bits per heavy atom. The molecule has 2 atom stereocenters. The van der Waals surface area contributed by atoms with E-state index in [0.29, 0.717) is 17.0 Å². The number of carbonyl (C=O) groups is 2. The minimum Gasteiger partial charge on any atom is -0.495 e. The van der Waals surface area contributed by atoms with Gasteiger partial charge in [0.05, 0.1) is 27.7 Å². The number of anilines is 1. The van der Waals surface area contributed by atoms with Gasteiger partial charge >= 0.3 is 0 Å². The van der Waals surface area contributed by atoms with E-state index in [0.717, 1.165) is 15.4 Å². The van der Waals surface area contributed by atoms with Gasteiger partial charge in [-0.15, -0.1) is 0 Å². The van der Waals surface area contributed by atoms with Crippen LogP contribution in [0.2, 0.25) is 10.0 Å². The second-order valence-corrected chi connectivity index (χ2v) is 14.0. The van der Waals surface area contributed by atoms with Gasteiger partial charge in [-0.25, -0.2) is 8.42 Å². The summed E-state index contributed by atoms with van der Waals surface area (Å²) >= 11 is 12.6. The molecule has 0 aliphatic carbocycles. The van der Waals surface area contributed by atoms with Gasteiger partial charge < -0.3 is 15.0 Å². The number of benzene rings is 4. The third kappa shape index (κ3) is 9.06. The fraction of sp³-hybridized carbons (Fsp3) is 0.278. The number of hydrogen-bond donors (Lipinski definition) is 1. The summed E-state index contributed by atoms with van der Waals surface area (Å²) in [4.78, 5) is 30.1. The summed E-state index contributed by atoms with van der Waals surface area (Å²) in [6, 6.07) is 26.2. The summed E-state index contributed by atoms with van der Waals surface area (Å²) in [6.07, 6.45) is 0.871. The van der Waals surface area contributed by atoms with Crippen molar-refractivity contribution in [3.8, 4) is 5.75 Å². The molecule has 0 saturated carbocycles. The number of amides is 2. The number of nitrogens with zero attached hydrogens (tertiary/aromatic N) is 2. The molecule has 0 fully saturated rings. The zero-order valence-electron chi connectivity index (χ0n) is 26.8. The number of carbonyl (C=O) groups excluding carboxylic acids is 2. The number of aryl methyl sites for hydroxylation is 1. The molecule has 0 aliphatic rings. The van der Waals surface area contributed by atoms with Crippen molar-refractivity contribution >= 4 is 50.7 Å². The Bertz CT molecular complexity index is 1790. The van der Waals surface area contributed by atoms with E-state index in [4.69, 9.17) is 27.9 Å². The van der Waals surface area contributed by atoms with Crippen molar-refractivity contribution in [2.45, 2.75) is 57.1 Å². The standard InChI is InChI=1S/C36H39Cl2N3O5S/c1-5-26(3)39-36(43)33(22-27-12-8-6-9-13-27)40(23-28-17-18-30(37)31(38)21-28)35(42)24-41(32-20-25(2)16-19-34(32)46-4)47(44,45)29-14-10-7-11-15-29/h6-21,26,33H,5,22-24H2,1-4H3,(H,39,43)/t26-,33-/m0/s1. The molecule has 0 aromatic heterocycles. The molecular weight excluding hydrogens is 657 g/mol. The van der Waals surface area contributed by atoms with Crippen molar-refractivity contribution in [3.63, 3.8) is 0 Å². The highest BCUT2D eigenvalue weighted by Gasteiger charge is 2.36. The van der Waals surface area contributed by atoms with E-state index in [-0.39, 0.29) is 46.3 Å². The Kier molecular flexibility index (Phi) is 12.3. The molecule has 11 heteroatoms. The number of nitrogens with one attached hydrogen (secondary N) is 1. The molecule has 0 radical (unpaired) electrons. The van der Waals surface area contributed by atoms with Crippen molar-refractivity contribution in [2.75, 3.05) is 18.0 Å². The normalized spacial score (nSPS) is 12.6. The second kappa shape index (κ2) is 16.2. The third-order valence-corrected chi connectivity index (χ3v) is 10.3. The number of halogens is 2. The molecule has 4 aromatic carbocycles. The highest BCUT2D eigenvalue weighted by atomic mass is 35.5. The number of hydrogen-bond acceptors (Lipinski definition) is 5. The van der Waals surface area contributed by atoms with Gasteiger partial charge in [-0.3, -0.25) is 13.9 Å². The predicted octanol–water partition coefficient (Wildman–Crippen LogP) is 7.06. The molecule has 0 spiro atoms. The summed E-state index contributed by atoms with van der Waals surface area (Å²) in [5.74, 6) is -0.684. The van der Waals surface area contributed by atoms with E-state index in [1.54, 1.807) is 54.6 Å². The van der Waals surface area contributed by atoms with Crippen molar-refractivity contribution in [1.29, 1.82) is 0 Å². The zero-order chi connectivity index (χ0) is 34.1. The van der Waals surface area contributed by atoms with Gasteiger partial charge in [-0.1, -0.05) is 90.8 Å². The first-order valence-electron chi connectivity index (χ1n) is 15.2. The van der Waals surface area contributed by atoms with Crippen LogP contribution in [0, 0.1) is 6.92 Å². The van der Waals surface area contributed by atoms with Gasteiger partial charge in [-0.05, 0) is 73.4 Å². The zero-order valence-corrected chi connectivity index (χ0v) is 29.1. The Morgan fingerprint density at radius 2 is 1.53 bits per heavy atom. The molecule has 0 heterocycles. The van der Waals surface area contributed by atoms with Crippen molar-refractivity contribution < 1.29 is 22.7 Å². The lowest BCUT2D eigenvalue weighted by Gasteiger charge is -2.34. The molecule has 0 saturated heterocycles. The maximum Gasteiger partial charge on any atom is 0.264 e. The van der Waals surface area contributed by atoms with Crippen LogP contribution < -0.4 is 14.4 Å². The highest BCUT2D eigenvalue weighted by Crippen LogP contribution is 2.34. The summed E-state index contributed by atoms with van der Waals surface area (Å²) in [5, 5.41) is 3.66. The average molecular weight is 697 g/mol. The van der Waals surface area contributed by atoms with Crippen LogP contribution in [0.15, 0.2) is 102 Å². The van der Waals surface area contributed by atoms with Crippen LogP contribution in [0.3, 0.4) is 0 Å². The van der Waals surface area contributed by atoms with Crippen molar-refractivity contribution in [2.24, 2.45) is 0 Å². The smallest absolute Gasteiger partial charge is 0.264 e. The molecule has 4 rings (SSSR count). The topological polar surface area (TPSA) is 96.0 Å². The highest BCUT2D eigenvalue weighted by molar-refractivity contribution is 7.92. The van der Waals surface area contributed by atoms with Crippen LogP contribution in [0.4, 0.5) is 5.69 Å². The molecule has 0 unspecified atom stereocenters. The summed E-state index contributed by atoms with van der Waals surface area (Å²) in [5.41, 5.74) is 2.41. The molecule has 8 nitrogen and oxygen atoms in total. The van der Waals surface area contributed by atoms with Crippen molar-refractivity contribution in [3.05, 3.63) is 124 Å². The third-order valence-electron chi connectivity index (χ3n) is 7.82. The maximum atomic E-state index is 14.7. The first-order chi connectivity index (χ1) is 22.4. The first-order valence-corrected chi connectivity index (χ1v) is 17.4. The van der Waals surface area contributed by atoms with E-state index in [1.807, 2.05) is 51.1 Å². The van der Waals surface area contributed by atoms with Crippen LogP contribution in [-0.4, -0.2) is 50.9 Å². The lowest BCUT2D eigenvalue weighted by molar-refractivity contribution is -0.140. The predicted molar refractivity (Wildman–Crippen MR) is 188 cm³/mol. The molecule has 1 N–H and O–H groups in total. The Labute approximate surface area is 287 Å². The van der Waals surface area contributed by atoms with E-state index in [1.165, 1.54) is 24.1 Å². The van der Waals surface area contributed by atoms with E-state index in [9.17, 15) is 18.0 Å². The van der Waals surface area contributed by atoms with E-state index in [2.05, 4.69) is 5.32 Å². The van der Waals surface area contributed by atoms with Crippen LogP contribution in [0.5, 0.6) is 5.75 Å². The quantitative estimate of drug-likeness (QED) is 0.152. The minimum atomic E-state index is -4.28. The molecule has 0 bridgehead atoms. The SMILES string of the molecule is CC[C@H](C)NC(=O)[C@H](Cc1ccccc1)N(Cc1ccc(Cl)c(Cl)c1)C(=O)CN(c1cc(C)ccc1OC)S(=O)(=O)c1ccccc1. The summed E-state index contributed by atoms with van der Waals surface area (Å²) in [7, 11) is -2.84. The number of ether oxygens (including phenoxy) is 1. The van der Waals surface area contributed by atoms with Gasteiger partial charge in [0.25, 0.3) is 10.0 Å². The number of sulfonamides is 1. The van der Waals surface area contributed by atoms with Gasteiger partial charge in [0.15, 0.2) is 0 Å². The first kappa shape index (κ1) is 35.8. The summed E-state index contributed by atoms with van der Waals surface area (Å²) in [6.45, 7) is 5.02. The number of methoxy groups -OCH3 is 1. The Morgan fingerprint density at radius 1 is 0.872 bits per heavy atom. The summed E-state index contributed by atoms with van der Waals surface area (Å²) < 4.78 is 35.2. The van der Waals surface area contributed by atoms with Crippen LogP contribution in [0.1, 0.15) is 37.0 Å². The molecule has 0 aliphatic heterocycles. The molecule has 248 valence electrons. The van der Waals surface area contributed by atoms with Gasteiger partial charge in [0, 0.05) is 19.0 Å². The average Bonchev–Trinajstić information content (AvgIpc) is 3.07. The van der Waals surface area contributed by atoms with E-state index >= 15 is 0 Å². The Balaban J connectivity index is 1.86. The molecular formula is C36H39Cl2N3O5S. The fourth-order valence-electron chi connectivity index (χ4n) is 5.06. The van der Waals surface area contributed by atoms with Gasteiger partial charge in [0.1, 0.15) is 18.3 Å². The van der Waals surface area contributed by atoms with Gasteiger partial charge in [-0.2, -0.15) is 0 Å². The van der Waals surface area contributed by atoms with Crippen LogP contribution in [0.25, 0.3) is 0 Å². The largest absolute Gasteiger partial charge is 0.495 e. The Hall–Kier alpha value is -4.05. The van der Waals surface area contributed by atoms with Crippen molar-refractivity contribution in [1.82, 2.24) is 10.2 Å².